The van der Waals surface area contributed by atoms with Crippen LogP contribution in [0, 0.1) is 13.8 Å². The van der Waals surface area contributed by atoms with Gasteiger partial charge < -0.3 is 5.73 Å². The van der Waals surface area contributed by atoms with E-state index in [9.17, 15) is 0 Å². The van der Waals surface area contributed by atoms with E-state index in [-0.39, 0.29) is 0 Å². The second kappa shape index (κ2) is 5.68. The molecule has 3 heteroatoms. The number of anilines is 1. The first kappa shape index (κ1) is 13.3. The lowest BCUT2D eigenvalue weighted by Crippen LogP contribution is -1.89. The van der Waals surface area contributed by atoms with Crippen LogP contribution in [0.5, 0.6) is 0 Å². The molecule has 2 aromatic carbocycles. The topological polar surface area (TPSA) is 26.0 Å². The molecule has 0 heterocycles. The van der Waals surface area contributed by atoms with Crippen LogP contribution >= 0.6 is 23.4 Å². The molecule has 0 aromatic heterocycles. The van der Waals surface area contributed by atoms with E-state index in [0.717, 1.165) is 5.75 Å². The minimum Gasteiger partial charge on any atom is -0.398 e. The monoisotopic (exact) mass is 277 g/mol. The Morgan fingerprint density at radius 2 is 1.83 bits per heavy atom. The molecule has 94 valence electrons. The predicted molar refractivity (Wildman–Crippen MR) is 81.3 cm³/mol. The van der Waals surface area contributed by atoms with Crippen molar-refractivity contribution in [2.24, 2.45) is 0 Å². The van der Waals surface area contributed by atoms with Crippen molar-refractivity contribution >= 4 is 29.1 Å². The molecule has 0 saturated heterocycles. The van der Waals surface area contributed by atoms with Crippen LogP contribution in [0.2, 0.25) is 5.02 Å². The van der Waals surface area contributed by atoms with Crippen LogP contribution in [0.15, 0.2) is 41.3 Å². The number of benzene rings is 2. The molecular weight excluding hydrogens is 262 g/mol. The second-order valence-corrected chi connectivity index (χ2v) is 5.85. The number of rotatable bonds is 3. The van der Waals surface area contributed by atoms with Crippen LogP contribution in [-0.4, -0.2) is 0 Å². The average molecular weight is 278 g/mol. The van der Waals surface area contributed by atoms with Crippen LogP contribution in [0.3, 0.4) is 0 Å². The number of hydrogen-bond donors (Lipinski definition) is 1. The van der Waals surface area contributed by atoms with Crippen LogP contribution in [0.4, 0.5) is 5.69 Å². The number of halogens is 1. The fraction of sp³-hybridized carbons (Fsp3) is 0.200. The first-order valence-electron chi connectivity index (χ1n) is 5.80. The number of hydrogen-bond acceptors (Lipinski definition) is 2. The number of thioether (sulfide) groups is 1. The van der Waals surface area contributed by atoms with E-state index in [1.807, 2.05) is 30.0 Å². The van der Waals surface area contributed by atoms with E-state index < -0.39 is 0 Å². The molecule has 2 N–H and O–H groups in total. The number of nitrogens with two attached hydrogens (primary N) is 1. The molecule has 0 atom stereocenters. The van der Waals surface area contributed by atoms with E-state index in [1.165, 1.54) is 21.6 Å². The summed E-state index contributed by atoms with van der Waals surface area (Å²) in [5.74, 6) is 0.907. The zero-order valence-corrected chi connectivity index (χ0v) is 12.1. The van der Waals surface area contributed by atoms with Crippen molar-refractivity contribution in [3.05, 3.63) is 58.1 Å². The lowest BCUT2D eigenvalue weighted by atomic mass is 10.1. The molecule has 0 amide bonds. The summed E-state index contributed by atoms with van der Waals surface area (Å²) >= 11 is 7.72. The van der Waals surface area contributed by atoms with Crippen LogP contribution in [0.1, 0.15) is 16.7 Å². The van der Waals surface area contributed by atoms with Gasteiger partial charge in [-0.05, 0) is 54.8 Å². The van der Waals surface area contributed by atoms with Gasteiger partial charge in [-0.2, -0.15) is 0 Å². The van der Waals surface area contributed by atoms with Crippen molar-refractivity contribution in [1.82, 2.24) is 0 Å². The first-order valence-corrected chi connectivity index (χ1v) is 7.16. The third-order valence-corrected chi connectivity index (χ3v) is 4.35. The van der Waals surface area contributed by atoms with Crippen molar-refractivity contribution < 1.29 is 0 Å². The van der Waals surface area contributed by atoms with E-state index in [0.29, 0.717) is 10.7 Å². The summed E-state index contributed by atoms with van der Waals surface area (Å²) in [6.45, 7) is 4.27. The summed E-state index contributed by atoms with van der Waals surface area (Å²) in [4.78, 5) is 1.28. The molecule has 0 aliphatic heterocycles. The highest BCUT2D eigenvalue weighted by molar-refractivity contribution is 7.98. The maximum absolute atomic E-state index is 5.90. The number of aryl methyl sites for hydroxylation is 2. The van der Waals surface area contributed by atoms with Gasteiger partial charge in [0.1, 0.15) is 0 Å². The maximum Gasteiger partial charge on any atom is 0.0635 e. The standard InChI is InChI=1S/C15H16ClNS/c1-10-3-5-13(7-11(10)2)18-9-12-4-6-14(16)15(17)8-12/h3-8H,9,17H2,1-2H3. The van der Waals surface area contributed by atoms with Crippen molar-refractivity contribution in [1.29, 1.82) is 0 Å². The zero-order valence-electron chi connectivity index (χ0n) is 10.5. The molecule has 1 nitrogen and oxygen atoms in total. The molecule has 0 spiro atoms. The molecule has 0 fully saturated rings. The summed E-state index contributed by atoms with van der Waals surface area (Å²) in [6, 6.07) is 12.4. The molecular formula is C15H16ClNS. The molecule has 0 bridgehead atoms. The summed E-state index contributed by atoms with van der Waals surface area (Å²) in [5, 5.41) is 0.620. The van der Waals surface area contributed by atoms with Crippen molar-refractivity contribution in [3.63, 3.8) is 0 Å². The predicted octanol–water partition coefficient (Wildman–Crippen LogP) is 4.83. The van der Waals surface area contributed by atoms with Crippen molar-refractivity contribution in [2.45, 2.75) is 24.5 Å². The third-order valence-electron chi connectivity index (χ3n) is 2.94. The van der Waals surface area contributed by atoms with Gasteiger partial charge in [-0.15, -0.1) is 11.8 Å². The van der Waals surface area contributed by atoms with Gasteiger partial charge in [0, 0.05) is 10.6 Å². The fourth-order valence-corrected chi connectivity index (χ4v) is 2.71. The van der Waals surface area contributed by atoms with E-state index >= 15 is 0 Å². The first-order chi connectivity index (χ1) is 8.56. The summed E-state index contributed by atoms with van der Waals surface area (Å²) in [7, 11) is 0. The van der Waals surface area contributed by atoms with Crippen LogP contribution in [-0.2, 0) is 5.75 Å². The minimum absolute atomic E-state index is 0.620. The smallest absolute Gasteiger partial charge is 0.0635 e. The summed E-state index contributed by atoms with van der Waals surface area (Å²) in [6.07, 6.45) is 0. The summed E-state index contributed by atoms with van der Waals surface area (Å²) in [5.41, 5.74) is 10.3. The van der Waals surface area contributed by atoms with Crippen molar-refractivity contribution in [2.75, 3.05) is 5.73 Å². The minimum atomic E-state index is 0.620. The van der Waals surface area contributed by atoms with Gasteiger partial charge in [0.15, 0.2) is 0 Å². The third kappa shape index (κ3) is 3.21. The highest BCUT2D eigenvalue weighted by Gasteiger charge is 2.01. The average Bonchev–Trinajstić information content (AvgIpc) is 2.35. The van der Waals surface area contributed by atoms with Crippen molar-refractivity contribution in [3.8, 4) is 0 Å². The summed E-state index contributed by atoms with van der Waals surface area (Å²) < 4.78 is 0. The Bertz CT molecular complexity index is 515. The molecule has 0 aliphatic carbocycles. The molecule has 2 aromatic rings. The molecule has 0 unspecified atom stereocenters. The van der Waals surface area contributed by atoms with Gasteiger partial charge in [-0.25, -0.2) is 0 Å². The highest BCUT2D eigenvalue weighted by atomic mass is 35.5. The Labute approximate surface area is 117 Å². The Hall–Kier alpha value is -1.12. The molecule has 18 heavy (non-hydrogen) atoms. The van der Waals surface area contributed by atoms with Crippen LogP contribution < -0.4 is 5.73 Å². The largest absolute Gasteiger partial charge is 0.398 e. The molecule has 0 saturated carbocycles. The quantitative estimate of drug-likeness (QED) is 0.642. The lowest BCUT2D eigenvalue weighted by Gasteiger charge is -2.06. The van der Waals surface area contributed by atoms with E-state index in [1.54, 1.807) is 0 Å². The molecule has 2 rings (SSSR count). The molecule has 0 aliphatic rings. The second-order valence-electron chi connectivity index (χ2n) is 4.39. The number of nitrogen functional groups attached to an aromatic ring is 1. The Morgan fingerprint density at radius 1 is 1.06 bits per heavy atom. The van der Waals surface area contributed by atoms with Gasteiger partial charge in [-0.3, -0.25) is 0 Å². The highest BCUT2D eigenvalue weighted by Crippen LogP contribution is 2.27. The van der Waals surface area contributed by atoms with Gasteiger partial charge in [0.2, 0.25) is 0 Å². The van der Waals surface area contributed by atoms with Gasteiger partial charge in [-0.1, -0.05) is 23.7 Å². The Balaban J connectivity index is 2.06. The fourth-order valence-electron chi connectivity index (χ4n) is 1.65. The molecule has 0 radical (unpaired) electrons. The van der Waals surface area contributed by atoms with Gasteiger partial charge >= 0.3 is 0 Å². The van der Waals surface area contributed by atoms with E-state index in [2.05, 4.69) is 32.0 Å². The maximum atomic E-state index is 5.90. The normalized spacial score (nSPS) is 10.6. The van der Waals surface area contributed by atoms with Gasteiger partial charge in [0.25, 0.3) is 0 Å². The Morgan fingerprint density at radius 3 is 2.50 bits per heavy atom. The van der Waals surface area contributed by atoms with Gasteiger partial charge in [0.05, 0.1) is 10.7 Å². The SMILES string of the molecule is Cc1ccc(SCc2ccc(Cl)c(N)c2)cc1C. The van der Waals surface area contributed by atoms with Crippen LogP contribution in [0.25, 0.3) is 0 Å². The van der Waals surface area contributed by atoms with E-state index in [4.69, 9.17) is 17.3 Å². The Kier molecular flexibility index (Phi) is 4.20. The lowest BCUT2D eigenvalue weighted by molar-refractivity contribution is 1.27. The zero-order chi connectivity index (χ0) is 13.1.